The third-order valence-corrected chi connectivity index (χ3v) is 3.72. The molecule has 1 heterocycles. The van der Waals surface area contributed by atoms with Gasteiger partial charge in [0.15, 0.2) is 0 Å². The van der Waals surface area contributed by atoms with Gasteiger partial charge in [0, 0.05) is 24.3 Å². The number of amides is 1. The van der Waals surface area contributed by atoms with Crippen LogP contribution in [-0.2, 0) is 6.54 Å². The highest BCUT2D eigenvalue weighted by Crippen LogP contribution is 2.17. The highest BCUT2D eigenvalue weighted by molar-refractivity contribution is 5.92. The van der Waals surface area contributed by atoms with Crippen LogP contribution < -0.4 is 15.4 Å². The molecule has 0 aliphatic heterocycles. The van der Waals surface area contributed by atoms with E-state index in [-0.39, 0.29) is 5.91 Å². The van der Waals surface area contributed by atoms with Gasteiger partial charge >= 0.3 is 0 Å². The summed E-state index contributed by atoms with van der Waals surface area (Å²) in [7, 11) is 1.61. The molecule has 0 fully saturated rings. The van der Waals surface area contributed by atoms with Crippen LogP contribution >= 0.6 is 0 Å². The SMILES string of the molecule is COc1ccccc1CNC(=O)c1cc(C)nc(NCCC(C)C)n1. The van der Waals surface area contributed by atoms with Gasteiger partial charge in [0.05, 0.1) is 7.11 Å². The number of nitrogens with one attached hydrogen (secondary N) is 2. The van der Waals surface area contributed by atoms with Gasteiger partial charge in [-0.2, -0.15) is 0 Å². The van der Waals surface area contributed by atoms with E-state index in [1.165, 1.54) is 0 Å². The van der Waals surface area contributed by atoms with Gasteiger partial charge in [0.2, 0.25) is 5.95 Å². The summed E-state index contributed by atoms with van der Waals surface area (Å²) in [6.45, 7) is 7.34. The standard InChI is InChI=1S/C19H26N4O2/c1-13(2)9-10-20-19-22-14(3)11-16(23-19)18(24)21-12-15-7-5-6-8-17(15)25-4/h5-8,11,13H,9-10,12H2,1-4H3,(H,21,24)(H,20,22,23). The maximum Gasteiger partial charge on any atom is 0.270 e. The highest BCUT2D eigenvalue weighted by Gasteiger charge is 2.11. The van der Waals surface area contributed by atoms with E-state index >= 15 is 0 Å². The molecule has 6 heteroatoms. The number of para-hydroxylation sites is 1. The zero-order chi connectivity index (χ0) is 18.2. The number of aryl methyl sites for hydroxylation is 1. The Morgan fingerprint density at radius 2 is 2.00 bits per heavy atom. The van der Waals surface area contributed by atoms with Crippen LogP contribution in [-0.4, -0.2) is 29.5 Å². The lowest BCUT2D eigenvalue weighted by molar-refractivity contribution is 0.0945. The minimum atomic E-state index is -0.233. The van der Waals surface area contributed by atoms with Crippen molar-refractivity contribution in [3.05, 3.63) is 47.3 Å². The number of carbonyl (C=O) groups excluding carboxylic acids is 1. The molecule has 0 bridgehead atoms. The van der Waals surface area contributed by atoms with Crippen LogP contribution in [0.25, 0.3) is 0 Å². The quantitative estimate of drug-likeness (QED) is 0.770. The minimum absolute atomic E-state index is 0.233. The minimum Gasteiger partial charge on any atom is -0.496 e. The summed E-state index contributed by atoms with van der Waals surface area (Å²) in [6, 6.07) is 9.28. The first-order valence-corrected chi connectivity index (χ1v) is 8.49. The zero-order valence-corrected chi connectivity index (χ0v) is 15.3. The Balaban J connectivity index is 2.02. The number of hydrogen-bond acceptors (Lipinski definition) is 5. The summed E-state index contributed by atoms with van der Waals surface area (Å²) in [5.74, 6) is 1.60. The molecule has 0 atom stereocenters. The van der Waals surface area contributed by atoms with Gasteiger partial charge in [0.25, 0.3) is 5.91 Å². The van der Waals surface area contributed by atoms with Crippen LogP contribution in [0.2, 0.25) is 0 Å². The Kier molecular flexibility index (Phi) is 6.74. The molecule has 2 rings (SSSR count). The Morgan fingerprint density at radius 1 is 1.24 bits per heavy atom. The Hall–Kier alpha value is -2.63. The second kappa shape index (κ2) is 9.01. The maximum atomic E-state index is 12.4. The number of ether oxygens (including phenoxy) is 1. The fourth-order valence-electron chi connectivity index (χ4n) is 2.35. The predicted octanol–water partition coefficient (Wildman–Crippen LogP) is 3.18. The molecular formula is C19H26N4O2. The molecule has 0 saturated heterocycles. The van der Waals surface area contributed by atoms with Crippen LogP contribution in [0.1, 0.15) is 42.0 Å². The van der Waals surface area contributed by atoms with Crippen molar-refractivity contribution in [1.29, 1.82) is 0 Å². The molecule has 6 nitrogen and oxygen atoms in total. The van der Waals surface area contributed by atoms with Gasteiger partial charge in [0.1, 0.15) is 11.4 Å². The maximum absolute atomic E-state index is 12.4. The van der Waals surface area contributed by atoms with Gasteiger partial charge in [-0.05, 0) is 31.4 Å². The third-order valence-electron chi connectivity index (χ3n) is 3.72. The molecule has 2 aromatic rings. The summed E-state index contributed by atoms with van der Waals surface area (Å²) in [6.07, 6.45) is 1.02. The van der Waals surface area contributed by atoms with E-state index in [1.54, 1.807) is 13.2 Å². The predicted molar refractivity (Wildman–Crippen MR) is 98.9 cm³/mol. The molecule has 1 aromatic heterocycles. The van der Waals surface area contributed by atoms with Crippen molar-refractivity contribution in [3.8, 4) is 5.75 Å². The molecule has 134 valence electrons. The van der Waals surface area contributed by atoms with Crippen molar-refractivity contribution in [2.45, 2.75) is 33.7 Å². The number of carbonyl (C=O) groups is 1. The fourth-order valence-corrected chi connectivity index (χ4v) is 2.35. The van der Waals surface area contributed by atoms with Crippen LogP contribution in [0.5, 0.6) is 5.75 Å². The number of rotatable bonds is 8. The second-order valence-corrected chi connectivity index (χ2v) is 6.32. The second-order valence-electron chi connectivity index (χ2n) is 6.32. The Bertz CT molecular complexity index is 716. The van der Waals surface area contributed by atoms with Crippen molar-refractivity contribution in [2.75, 3.05) is 19.0 Å². The first-order valence-electron chi connectivity index (χ1n) is 8.49. The lowest BCUT2D eigenvalue weighted by Gasteiger charge is -2.11. The molecule has 2 N–H and O–H groups in total. The van der Waals surface area contributed by atoms with Crippen molar-refractivity contribution in [3.63, 3.8) is 0 Å². The largest absolute Gasteiger partial charge is 0.496 e. The average molecular weight is 342 g/mol. The van der Waals surface area contributed by atoms with Crippen LogP contribution in [0.4, 0.5) is 5.95 Å². The number of anilines is 1. The monoisotopic (exact) mass is 342 g/mol. The topological polar surface area (TPSA) is 76.1 Å². The molecule has 1 aromatic carbocycles. The highest BCUT2D eigenvalue weighted by atomic mass is 16.5. The lowest BCUT2D eigenvalue weighted by Crippen LogP contribution is -2.25. The van der Waals surface area contributed by atoms with Crippen molar-refractivity contribution in [1.82, 2.24) is 15.3 Å². The smallest absolute Gasteiger partial charge is 0.270 e. The van der Waals surface area contributed by atoms with Crippen LogP contribution in [0, 0.1) is 12.8 Å². The molecule has 1 amide bonds. The van der Waals surface area contributed by atoms with Crippen molar-refractivity contribution in [2.24, 2.45) is 5.92 Å². The molecule has 0 saturated carbocycles. The Labute approximate surface area is 149 Å². The van der Waals surface area contributed by atoms with Gasteiger partial charge in [-0.3, -0.25) is 4.79 Å². The van der Waals surface area contributed by atoms with Crippen LogP contribution in [0.3, 0.4) is 0 Å². The normalized spacial score (nSPS) is 10.6. The van der Waals surface area contributed by atoms with E-state index in [2.05, 4.69) is 34.4 Å². The number of aromatic nitrogens is 2. The average Bonchev–Trinajstić information content (AvgIpc) is 2.59. The molecule has 0 radical (unpaired) electrons. The van der Waals surface area contributed by atoms with E-state index in [9.17, 15) is 4.79 Å². The first-order chi connectivity index (χ1) is 12.0. The summed E-state index contributed by atoms with van der Waals surface area (Å²) in [4.78, 5) is 21.1. The third kappa shape index (κ3) is 5.74. The molecule has 25 heavy (non-hydrogen) atoms. The summed E-state index contributed by atoms with van der Waals surface area (Å²) in [5.41, 5.74) is 2.03. The zero-order valence-electron chi connectivity index (χ0n) is 15.3. The van der Waals surface area contributed by atoms with Crippen molar-refractivity contribution >= 4 is 11.9 Å². The number of benzene rings is 1. The Morgan fingerprint density at radius 3 is 2.72 bits per heavy atom. The van der Waals surface area contributed by atoms with Gasteiger partial charge in [-0.1, -0.05) is 32.0 Å². The molecule has 0 aliphatic carbocycles. The van der Waals surface area contributed by atoms with Crippen molar-refractivity contribution < 1.29 is 9.53 Å². The fraction of sp³-hybridized carbons (Fsp3) is 0.421. The van der Waals surface area contributed by atoms with E-state index in [4.69, 9.17) is 4.74 Å². The summed E-state index contributed by atoms with van der Waals surface area (Å²) >= 11 is 0. The first kappa shape index (κ1) is 18.7. The van der Waals surface area contributed by atoms with E-state index < -0.39 is 0 Å². The molecular weight excluding hydrogens is 316 g/mol. The van der Waals surface area contributed by atoms with Gasteiger partial charge in [-0.25, -0.2) is 9.97 Å². The number of methoxy groups -OCH3 is 1. The van der Waals surface area contributed by atoms with Gasteiger partial charge in [-0.15, -0.1) is 0 Å². The summed E-state index contributed by atoms with van der Waals surface area (Å²) < 4.78 is 5.30. The van der Waals surface area contributed by atoms with E-state index in [0.29, 0.717) is 24.1 Å². The van der Waals surface area contributed by atoms with Crippen LogP contribution in [0.15, 0.2) is 30.3 Å². The van der Waals surface area contributed by atoms with Gasteiger partial charge < -0.3 is 15.4 Å². The molecule has 0 unspecified atom stereocenters. The van der Waals surface area contributed by atoms with E-state index in [0.717, 1.165) is 30.0 Å². The number of hydrogen-bond donors (Lipinski definition) is 2. The molecule has 0 aliphatic rings. The number of nitrogens with zero attached hydrogens (tertiary/aromatic N) is 2. The molecule has 0 spiro atoms. The lowest BCUT2D eigenvalue weighted by atomic mass is 10.1. The summed E-state index contributed by atoms with van der Waals surface area (Å²) in [5, 5.41) is 6.06. The van der Waals surface area contributed by atoms with E-state index in [1.807, 2.05) is 31.2 Å².